The molecule has 3 heterocycles. The molecule has 0 N–H and O–H groups in total. The van der Waals surface area contributed by atoms with E-state index in [2.05, 4.69) is 15.3 Å². The third kappa shape index (κ3) is 4.01. The van der Waals surface area contributed by atoms with Crippen molar-refractivity contribution in [3.05, 3.63) is 47.2 Å². The molecule has 0 aliphatic carbocycles. The van der Waals surface area contributed by atoms with Crippen LogP contribution in [0.2, 0.25) is 0 Å². The van der Waals surface area contributed by atoms with Crippen LogP contribution in [0.1, 0.15) is 43.4 Å². The lowest BCUT2D eigenvalue weighted by atomic mass is 10.2. The normalized spacial score (nSPS) is 13.7. The number of ether oxygens (including phenoxy) is 1. The van der Waals surface area contributed by atoms with Gasteiger partial charge in [-0.1, -0.05) is 11.3 Å². The van der Waals surface area contributed by atoms with E-state index in [1.807, 2.05) is 20.8 Å². The van der Waals surface area contributed by atoms with Gasteiger partial charge in [0.25, 0.3) is 0 Å². The summed E-state index contributed by atoms with van der Waals surface area (Å²) in [5, 5.41) is 8.27. The van der Waals surface area contributed by atoms with E-state index in [0.717, 1.165) is 11.4 Å². The summed E-state index contributed by atoms with van der Waals surface area (Å²) in [6.07, 6.45) is 4.53. The molecule has 3 rings (SSSR count). The second kappa shape index (κ2) is 6.62. The number of amides is 1. The number of nitrogens with zero attached hydrogens (tertiary/aromatic N) is 5. The molecule has 7 nitrogen and oxygen atoms in total. The molecule has 0 saturated heterocycles. The number of carbonyl (C=O) groups excluding carboxylic acids is 1. The minimum atomic E-state index is -0.555. The van der Waals surface area contributed by atoms with E-state index >= 15 is 0 Å². The molecule has 0 bridgehead atoms. The summed E-state index contributed by atoms with van der Waals surface area (Å²) in [7, 11) is 0. The zero-order chi connectivity index (χ0) is 18.0. The first kappa shape index (κ1) is 17.1. The predicted molar refractivity (Wildman–Crippen MR) is 89.0 cm³/mol. The van der Waals surface area contributed by atoms with Crippen molar-refractivity contribution in [3.8, 4) is 0 Å². The Labute approximate surface area is 145 Å². The number of hydrogen-bond acceptors (Lipinski definition) is 5. The molecule has 1 aliphatic heterocycles. The fraction of sp³-hybridized carbons (Fsp3) is 0.412. The van der Waals surface area contributed by atoms with Crippen molar-refractivity contribution in [1.29, 1.82) is 0 Å². The molecule has 132 valence electrons. The Kier molecular flexibility index (Phi) is 4.52. The van der Waals surface area contributed by atoms with Crippen LogP contribution < -0.4 is 0 Å². The van der Waals surface area contributed by atoms with E-state index in [-0.39, 0.29) is 0 Å². The van der Waals surface area contributed by atoms with Gasteiger partial charge < -0.3 is 4.74 Å². The van der Waals surface area contributed by atoms with Gasteiger partial charge in [0.05, 0.1) is 24.5 Å². The van der Waals surface area contributed by atoms with Crippen molar-refractivity contribution in [3.63, 3.8) is 0 Å². The highest BCUT2D eigenvalue weighted by molar-refractivity contribution is 5.72. The van der Waals surface area contributed by atoms with Crippen molar-refractivity contribution >= 4 is 12.2 Å². The summed E-state index contributed by atoms with van der Waals surface area (Å²) in [6.45, 7) is 5.65. The number of rotatable bonds is 3. The predicted octanol–water partition coefficient (Wildman–Crippen LogP) is 2.91. The van der Waals surface area contributed by atoms with Gasteiger partial charge in [0, 0.05) is 18.0 Å². The van der Waals surface area contributed by atoms with Crippen LogP contribution in [-0.4, -0.2) is 36.6 Å². The van der Waals surface area contributed by atoms with Crippen molar-refractivity contribution in [2.45, 2.75) is 46.1 Å². The van der Waals surface area contributed by atoms with Gasteiger partial charge in [-0.05, 0) is 32.9 Å². The molecule has 0 saturated carbocycles. The molecule has 2 aromatic rings. The Balaban J connectivity index is 1.72. The number of carbonyl (C=O) groups is 1. The fourth-order valence-corrected chi connectivity index (χ4v) is 2.37. The minimum absolute atomic E-state index is 0.301. The first-order valence-corrected chi connectivity index (χ1v) is 7.95. The second-order valence-electron chi connectivity index (χ2n) is 6.79. The molecule has 2 aromatic heterocycles. The molecule has 0 aromatic carbocycles. The lowest BCUT2D eigenvalue weighted by Gasteiger charge is -2.26. The summed E-state index contributed by atoms with van der Waals surface area (Å²) in [4.78, 5) is 17.8. The smallest absolute Gasteiger partial charge is 0.414 e. The largest absolute Gasteiger partial charge is 0.443 e. The maximum absolute atomic E-state index is 12.5. The highest BCUT2D eigenvalue weighted by Gasteiger charge is 2.25. The van der Waals surface area contributed by atoms with Crippen LogP contribution in [0.4, 0.5) is 9.18 Å². The van der Waals surface area contributed by atoms with Crippen LogP contribution in [0.15, 0.2) is 24.5 Å². The molecule has 1 aliphatic rings. The summed E-state index contributed by atoms with van der Waals surface area (Å²) in [5.41, 5.74) is 2.25. The van der Waals surface area contributed by atoms with Crippen molar-refractivity contribution in [2.24, 2.45) is 0 Å². The monoisotopic (exact) mass is 345 g/mol. The summed E-state index contributed by atoms with van der Waals surface area (Å²) in [5.74, 6) is 0. The van der Waals surface area contributed by atoms with Gasteiger partial charge >= 0.3 is 6.09 Å². The molecular formula is C17H20FN5O2. The van der Waals surface area contributed by atoms with Gasteiger partial charge in [-0.25, -0.2) is 13.9 Å². The van der Waals surface area contributed by atoms with E-state index in [4.69, 9.17) is 4.74 Å². The van der Waals surface area contributed by atoms with Crippen LogP contribution in [0, 0.1) is 0 Å². The zero-order valence-corrected chi connectivity index (χ0v) is 14.4. The molecule has 8 heteroatoms. The summed E-state index contributed by atoms with van der Waals surface area (Å²) in [6, 6.07) is 3.47. The average Bonchev–Trinajstić information content (AvgIpc) is 2.96. The van der Waals surface area contributed by atoms with Crippen molar-refractivity contribution in [2.75, 3.05) is 0 Å². The molecule has 25 heavy (non-hydrogen) atoms. The lowest BCUT2D eigenvalue weighted by Crippen LogP contribution is -2.34. The number of hydrogen-bond donors (Lipinski definition) is 0. The second-order valence-corrected chi connectivity index (χ2v) is 6.79. The fourth-order valence-electron chi connectivity index (χ4n) is 2.37. The van der Waals surface area contributed by atoms with Gasteiger partial charge in [0.15, 0.2) is 0 Å². The highest BCUT2D eigenvalue weighted by atomic mass is 19.1. The van der Waals surface area contributed by atoms with Gasteiger partial charge in [0.2, 0.25) is 0 Å². The number of pyridine rings is 1. The Morgan fingerprint density at radius 2 is 2.16 bits per heavy atom. The van der Waals surface area contributed by atoms with Crippen LogP contribution in [-0.2, 0) is 24.5 Å². The molecule has 0 radical (unpaired) electrons. The number of halogens is 1. The van der Waals surface area contributed by atoms with E-state index in [9.17, 15) is 9.18 Å². The van der Waals surface area contributed by atoms with Gasteiger partial charge in [-0.2, -0.15) is 0 Å². The molecule has 0 unspecified atom stereocenters. The maximum atomic E-state index is 12.5. The van der Waals surface area contributed by atoms with Crippen LogP contribution in [0.25, 0.3) is 6.08 Å². The number of alkyl halides is 1. The average molecular weight is 345 g/mol. The Morgan fingerprint density at radius 1 is 1.36 bits per heavy atom. The third-order valence-electron chi connectivity index (χ3n) is 3.56. The van der Waals surface area contributed by atoms with Gasteiger partial charge in [-0.3, -0.25) is 9.88 Å². The van der Waals surface area contributed by atoms with Crippen molar-refractivity contribution < 1.29 is 13.9 Å². The van der Waals surface area contributed by atoms with E-state index in [1.54, 1.807) is 29.1 Å². The molecule has 0 spiro atoms. The first-order valence-electron chi connectivity index (χ1n) is 7.95. The zero-order valence-electron chi connectivity index (χ0n) is 14.4. The first-order chi connectivity index (χ1) is 11.9. The SMILES string of the molecule is CC(C)(C)OC(=O)N1C=Cc2c(nnn2Cc2ccc(CF)cn2)C1. The number of fused-ring (bicyclic) bond motifs is 1. The molecule has 0 fully saturated rings. The van der Waals surface area contributed by atoms with Crippen LogP contribution >= 0.6 is 0 Å². The third-order valence-corrected chi connectivity index (χ3v) is 3.56. The Hall–Kier alpha value is -2.77. The Bertz CT molecular complexity index is 792. The van der Waals surface area contributed by atoms with E-state index in [1.165, 1.54) is 11.1 Å². The van der Waals surface area contributed by atoms with Crippen LogP contribution in [0.3, 0.4) is 0 Å². The van der Waals surface area contributed by atoms with Gasteiger partial charge in [0.1, 0.15) is 18.0 Å². The van der Waals surface area contributed by atoms with E-state index < -0.39 is 18.4 Å². The number of aromatic nitrogens is 4. The van der Waals surface area contributed by atoms with Crippen LogP contribution in [0.5, 0.6) is 0 Å². The molecule has 1 amide bonds. The van der Waals surface area contributed by atoms with Crippen molar-refractivity contribution in [1.82, 2.24) is 24.9 Å². The maximum Gasteiger partial charge on any atom is 0.414 e. The quantitative estimate of drug-likeness (QED) is 0.855. The molecule has 0 atom stereocenters. The highest BCUT2D eigenvalue weighted by Crippen LogP contribution is 2.20. The Morgan fingerprint density at radius 3 is 2.80 bits per heavy atom. The minimum Gasteiger partial charge on any atom is -0.443 e. The standard InChI is InChI=1S/C17H20FN5O2/c1-17(2,3)25-16(24)22-7-6-15-14(11-22)20-21-23(15)10-13-5-4-12(8-18)9-19-13/h4-7,9H,8,10-11H2,1-3H3. The topological polar surface area (TPSA) is 73.1 Å². The lowest BCUT2D eigenvalue weighted by molar-refractivity contribution is 0.0320. The summed E-state index contributed by atoms with van der Waals surface area (Å²) >= 11 is 0. The van der Waals surface area contributed by atoms with E-state index in [0.29, 0.717) is 24.3 Å². The summed E-state index contributed by atoms with van der Waals surface area (Å²) < 4.78 is 19.6. The molecular weight excluding hydrogens is 325 g/mol. The van der Waals surface area contributed by atoms with Gasteiger partial charge in [-0.15, -0.1) is 5.10 Å².